The molecule has 4 rings (SSSR count). The molecule has 3 aromatic rings. The van der Waals surface area contributed by atoms with Crippen LogP contribution < -0.4 is 10.5 Å². The summed E-state index contributed by atoms with van der Waals surface area (Å²) in [7, 11) is 0. The highest BCUT2D eigenvalue weighted by atomic mass is 35.5. The van der Waals surface area contributed by atoms with Gasteiger partial charge in [0.1, 0.15) is 10.8 Å². The molecule has 0 spiro atoms. The van der Waals surface area contributed by atoms with Crippen LogP contribution in [0.4, 0.5) is 0 Å². The summed E-state index contributed by atoms with van der Waals surface area (Å²) >= 11 is 8.66. The fourth-order valence-corrected chi connectivity index (χ4v) is 4.45. The summed E-state index contributed by atoms with van der Waals surface area (Å²) in [5.74, 6) is 0.440. The second-order valence-corrected chi connectivity index (χ2v) is 8.65. The number of thioether (sulfide) groups is 1. The van der Waals surface area contributed by atoms with Crippen LogP contribution in [0.3, 0.4) is 0 Å². The molecule has 0 atom stereocenters. The number of nitrogens with two attached hydrogens (primary N) is 1. The SMILES string of the molecule is CCOc1ccc2nc(Sc3ccc(Cl)cc3)c(/C=C3/SC(N)=NC3=O)cc2c1. The zero-order chi connectivity index (χ0) is 20.4. The lowest BCUT2D eigenvalue weighted by atomic mass is 10.1. The maximum atomic E-state index is 12.1. The fraction of sp³-hybridized carbons (Fsp3) is 0.0952. The highest BCUT2D eigenvalue weighted by Gasteiger charge is 2.20. The number of fused-ring (bicyclic) bond motifs is 1. The molecule has 0 fully saturated rings. The molecule has 2 N–H and O–H groups in total. The summed E-state index contributed by atoms with van der Waals surface area (Å²) < 4.78 is 5.60. The minimum absolute atomic E-state index is 0.250. The standard InChI is InChI=1S/C21H16ClN3O2S2/c1-2-27-15-5-8-17-12(10-15)9-13(11-18-19(26)25-21(23)29-18)20(24-17)28-16-6-3-14(22)4-7-16/h3-11H,2H2,1H3,(H2,23,25,26)/b18-11+. The van der Waals surface area contributed by atoms with Crippen molar-refractivity contribution in [2.45, 2.75) is 16.8 Å². The minimum Gasteiger partial charge on any atom is -0.494 e. The van der Waals surface area contributed by atoms with Gasteiger partial charge >= 0.3 is 0 Å². The van der Waals surface area contributed by atoms with Gasteiger partial charge in [0.25, 0.3) is 5.91 Å². The van der Waals surface area contributed by atoms with E-state index in [0.717, 1.165) is 43.9 Å². The normalized spacial score (nSPS) is 15.2. The number of rotatable bonds is 5. The fourth-order valence-electron chi connectivity index (χ4n) is 2.78. The zero-order valence-corrected chi connectivity index (χ0v) is 17.8. The highest BCUT2D eigenvalue weighted by molar-refractivity contribution is 8.18. The van der Waals surface area contributed by atoms with E-state index in [1.54, 1.807) is 6.08 Å². The number of carbonyl (C=O) groups is 1. The third-order valence-electron chi connectivity index (χ3n) is 4.04. The summed E-state index contributed by atoms with van der Waals surface area (Å²) in [6.45, 7) is 2.53. The molecule has 0 saturated heterocycles. The molecule has 0 unspecified atom stereocenters. The van der Waals surface area contributed by atoms with Crippen LogP contribution in [0.2, 0.25) is 5.02 Å². The van der Waals surface area contributed by atoms with Crippen molar-refractivity contribution in [2.24, 2.45) is 10.7 Å². The predicted octanol–water partition coefficient (Wildman–Crippen LogP) is 5.37. The molecule has 1 aliphatic heterocycles. The zero-order valence-electron chi connectivity index (χ0n) is 15.4. The van der Waals surface area contributed by atoms with Crippen molar-refractivity contribution < 1.29 is 9.53 Å². The van der Waals surface area contributed by atoms with Gasteiger partial charge < -0.3 is 10.5 Å². The monoisotopic (exact) mass is 441 g/mol. The van der Waals surface area contributed by atoms with Crippen LogP contribution >= 0.6 is 35.1 Å². The van der Waals surface area contributed by atoms with Crippen molar-refractivity contribution in [3.63, 3.8) is 0 Å². The first-order chi connectivity index (χ1) is 14.0. The van der Waals surface area contributed by atoms with Crippen LogP contribution in [0.5, 0.6) is 5.75 Å². The van der Waals surface area contributed by atoms with Gasteiger partial charge in [0.2, 0.25) is 0 Å². The van der Waals surface area contributed by atoms with Gasteiger partial charge in [0.05, 0.1) is 17.0 Å². The van der Waals surface area contributed by atoms with Gasteiger partial charge in [-0.1, -0.05) is 23.4 Å². The molecule has 5 nitrogen and oxygen atoms in total. The first-order valence-corrected chi connectivity index (χ1v) is 10.8. The first-order valence-electron chi connectivity index (χ1n) is 8.81. The van der Waals surface area contributed by atoms with E-state index in [9.17, 15) is 4.79 Å². The minimum atomic E-state index is -0.335. The van der Waals surface area contributed by atoms with E-state index >= 15 is 0 Å². The van der Waals surface area contributed by atoms with Crippen LogP contribution in [0, 0.1) is 0 Å². The second-order valence-electron chi connectivity index (χ2n) is 6.09. The number of carbonyl (C=O) groups excluding carboxylic acids is 1. The van der Waals surface area contributed by atoms with Crippen LogP contribution in [-0.4, -0.2) is 22.7 Å². The van der Waals surface area contributed by atoms with Crippen molar-refractivity contribution in [1.82, 2.24) is 4.98 Å². The maximum absolute atomic E-state index is 12.1. The lowest BCUT2D eigenvalue weighted by molar-refractivity contribution is -0.113. The molecule has 1 aromatic heterocycles. The molecule has 2 heterocycles. The van der Waals surface area contributed by atoms with E-state index in [1.165, 1.54) is 11.8 Å². The number of ether oxygens (including phenoxy) is 1. The highest BCUT2D eigenvalue weighted by Crippen LogP contribution is 2.35. The van der Waals surface area contributed by atoms with E-state index in [1.807, 2.05) is 55.5 Å². The molecule has 146 valence electrons. The molecular formula is C21H16ClN3O2S2. The summed E-state index contributed by atoms with van der Waals surface area (Å²) in [6.07, 6.45) is 1.79. The van der Waals surface area contributed by atoms with E-state index in [0.29, 0.717) is 16.5 Å². The summed E-state index contributed by atoms with van der Waals surface area (Å²) in [5, 5.41) is 2.62. The number of nitrogens with zero attached hydrogens (tertiary/aromatic N) is 2. The van der Waals surface area contributed by atoms with Gasteiger partial charge in [0, 0.05) is 20.9 Å². The van der Waals surface area contributed by atoms with E-state index in [4.69, 9.17) is 27.1 Å². The van der Waals surface area contributed by atoms with Crippen molar-refractivity contribution in [3.8, 4) is 5.75 Å². The van der Waals surface area contributed by atoms with Crippen LogP contribution in [0.1, 0.15) is 12.5 Å². The molecule has 1 aliphatic rings. The maximum Gasteiger partial charge on any atom is 0.286 e. The average Bonchev–Trinajstić information content (AvgIpc) is 3.01. The Morgan fingerprint density at radius 3 is 2.69 bits per heavy atom. The summed E-state index contributed by atoms with van der Waals surface area (Å²) in [4.78, 5) is 22.1. The molecule has 0 bridgehead atoms. The Morgan fingerprint density at radius 2 is 2.00 bits per heavy atom. The quantitative estimate of drug-likeness (QED) is 0.536. The third kappa shape index (κ3) is 4.58. The molecule has 8 heteroatoms. The number of benzene rings is 2. The lowest BCUT2D eigenvalue weighted by Gasteiger charge is -2.10. The van der Waals surface area contributed by atoms with Gasteiger partial charge in [-0.25, -0.2) is 4.98 Å². The largest absolute Gasteiger partial charge is 0.494 e. The van der Waals surface area contributed by atoms with E-state index < -0.39 is 0 Å². The van der Waals surface area contributed by atoms with E-state index in [-0.39, 0.29) is 11.1 Å². The van der Waals surface area contributed by atoms with Gasteiger partial charge in [-0.15, -0.1) is 0 Å². The number of amides is 1. The van der Waals surface area contributed by atoms with Crippen LogP contribution in [0.15, 0.2) is 68.3 Å². The molecule has 1 amide bonds. The number of aromatic nitrogens is 1. The van der Waals surface area contributed by atoms with Crippen molar-refractivity contribution in [2.75, 3.05) is 6.61 Å². The molecular weight excluding hydrogens is 426 g/mol. The Morgan fingerprint density at radius 1 is 1.21 bits per heavy atom. The molecule has 0 radical (unpaired) electrons. The summed E-state index contributed by atoms with van der Waals surface area (Å²) in [5.41, 5.74) is 7.34. The second kappa shape index (κ2) is 8.49. The molecule has 2 aromatic carbocycles. The average molecular weight is 442 g/mol. The van der Waals surface area contributed by atoms with Gasteiger partial charge in [-0.2, -0.15) is 4.99 Å². The van der Waals surface area contributed by atoms with Crippen molar-refractivity contribution in [1.29, 1.82) is 0 Å². The third-order valence-corrected chi connectivity index (χ3v) is 6.13. The summed E-state index contributed by atoms with van der Waals surface area (Å²) in [6, 6.07) is 15.3. The van der Waals surface area contributed by atoms with Crippen LogP contribution in [-0.2, 0) is 4.79 Å². The Hall–Kier alpha value is -2.48. The van der Waals surface area contributed by atoms with Crippen molar-refractivity contribution in [3.05, 3.63) is 64.0 Å². The van der Waals surface area contributed by atoms with E-state index in [2.05, 4.69) is 4.99 Å². The Labute approximate surface area is 181 Å². The number of pyridine rings is 1. The lowest BCUT2D eigenvalue weighted by Crippen LogP contribution is -2.01. The van der Waals surface area contributed by atoms with Gasteiger partial charge in [-0.05, 0) is 73.3 Å². The Balaban J connectivity index is 1.80. The van der Waals surface area contributed by atoms with Gasteiger partial charge in [-0.3, -0.25) is 4.79 Å². The number of aliphatic imine (C=N–C) groups is 1. The van der Waals surface area contributed by atoms with Gasteiger partial charge in [0.15, 0.2) is 5.17 Å². The smallest absolute Gasteiger partial charge is 0.286 e. The molecule has 29 heavy (non-hydrogen) atoms. The number of amidine groups is 1. The molecule has 0 aliphatic carbocycles. The Kier molecular flexibility index (Phi) is 5.80. The topological polar surface area (TPSA) is 77.6 Å². The number of hydrogen-bond acceptors (Lipinski definition) is 6. The molecule has 0 saturated carbocycles. The first kappa shape index (κ1) is 19.8. The van der Waals surface area contributed by atoms with Crippen LogP contribution in [0.25, 0.3) is 17.0 Å². The number of hydrogen-bond donors (Lipinski definition) is 1. The van der Waals surface area contributed by atoms with Crippen molar-refractivity contribution >= 4 is 63.2 Å². The Bertz CT molecular complexity index is 1160. The number of halogens is 1. The predicted molar refractivity (Wildman–Crippen MR) is 121 cm³/mol.